The molecule has 1 atom stereocenters. The molecule has 0 radical (unpaired) electrons. The first-order valence-corrected chi connectivity index (χ1v) is 8.51. The van der Waals surface area contributed by atoms with E-state index >= 15 is 0 Å². The second-order valence-corrected chi connectivity index (χ2v) is 8.02. The van der Waals surface area contributed by atoms with E-state index in [1.165, 1.54) is 25.7 Å². The molecule has 1 heterocycles. The fourth-order valence-electron chi connectivity index (χ4n) is 3.42. The normalized spacial score (nSPS) is 20.8. The van der Waals surface area contributed by atoms with E-state index in [0.29, 0.717) is 11.5 Å². The van der Waals surface area contributed by atoms with Gasteiger partial charge in [0.1, 0.15) is 5.82 Å². The second kappa shape index (κ2) is 5.48. The zero-order valence-electron chi connectivity index (χ0n) is 12.9. The summed E-state index contributed by atoms with van der Waals surface area (Å²) in [6.45, 7) is 6.69. The lowest BCUT2D eigenvalue weighted by Gasteiger charge is -2.36. The number of halogens is 2. The number of nitrogens with zero attached hydrogens (tertiary/aromatic N) is 2. The number of aromatic nitrogens is 2. The maximum atomic E-state index is 6.45. The topological polar surface area (TPSA) is 17.8 Å². The molecule has 1 aliphatic carbocycles. The van der Waals surface area contributed by atoms with Crippen LogP contribution in [0.3, 0.4) is 0 Å². The number of benzene rings is 1. The third kappa shape index (κ3) is 2.80. The Hall–Kier alpha value is -0.730. The number of imidazole rings is 1. The average molecular weight is 325 g/mol. The first kappa shape index (κ1) is 15.2. The molecular weight excluding hydrogens is 303 g/mol. The number of fused-ring (bicyclic) bond motifs is 1. The van der Waals surface area contributed by atoms with Gasteiger partial charge in [0.25, 0.3) is 0 Å². The Kier molecular flexibility index (Phi) is 3.96. The van der Waals surface area contributed by atoms with Crippen LogP contribution in [0, 0.1) is 5.41 Å². The summed E-state index contributed by atoms with van der Waals surface area (Å²) in [7, 11) is 0. The molecule has 2 nitrogen and oxygen atoms in total. The molecular formula is C17H22Cl2N2. The van der Waals surface area contributed by atoms with Gasteiger partial charge in [-0.1, -0.05) is 31.5 Å². The van der Waals surface area contributed by atoms with E-state index in [2.05, 4.69) is 18.4 Å². The Balaban J connectivity index is 2.10. The number of hydrogen-bond acceptors (Lipinski definition) is 1. The van der Waals surface area contributed by atoms with E-state index in [0.717, 1.165) is 21.9 Å². The van der Waals surface area contributed by atoms with Gasteiger partial charge in [0.05, 0.1) is 21.4 Å². The van der Waals surface area contributed by atoms with Gasteiger partial charge in [-0.05, 0) is 50.2 Å². The fourth-order valence-corrected chi connectivity index (χ4v) is 3.83. The van der Waals surface area contributed by atoms with Crippen LogP contribution >= 0.6 is 23.2 Å². The van der Waals surface area contributed by atoms with Gasteiger partial charge in [-0.2, -0.15) is 0 Å². The Labute approximate surface area is 136 Å². The van der Waals surface area contributed by atoms with Crippen LogP contribution < -0.4 is 0 Å². The van der Waals surface area contributed by atoms with Crippen LogP contribution in [0.1, 0.15) is 63.7 Å². The molecule has 3 rings (SSSR count). The minimum atomic E-state index is -0.108. The summed E-state index contributed by atoms with van der Waals surface area (Å²) in [5.41, 5.74) is 2.45. The molecule has 0 N–H and O–H groups in total. The predicted molar refractivity (Wildman–Crippen MR) is 90.3 cm³/mol. The van der Waals surface area contributed by atoms with Crippen LogP contribution in [0.2, 0.25) is 5.02 Å². The number of para-hydroxylation sites is 1. The summed E-state index contributed by atoms with van der Waals surface area (Å²) >= 11 is 12.8. The highest BCUT2D eigenvalue weighted by atomic mass is 35.5. The van der Waals surface area contributed by atoms with Crippen LogP contribution in [-0.4, -0.2) is 9.55 Å². The fraction of sp³-hybridized carbons (Fsp3) is 0.588. The molecule has 21 heavy (non-hydrogen) atoms. The Morgan fingerprint density at radius 2 is 1.95 bits per heavy atom. The van der Waals surface area contributed by atoms with Crippen molar-refractivity contribution in [2.75, 3.05) is 0 Å². The average Bonchev–Trinajstić information content (AvgIpc) is 2.80. The van der Waals surface area contributed by atoms with E-state index in [9.17, 15) is 0 Å². The summed E-state index contributed by atoms with van der Waals surface area (Å²) in [5.74, 6) is 0.949. The van der Waals surface area contributed by atoms with Gasteiger partial charge in [-0.25, -0.2) is 4.98 Å². The van der Waals surface area contributed by atoms with Crippen molar-refractivity contribution in [2.24, 2.45) is 5.41 Å². The standard InChI is InChI=1S/C17H22Cl2N2/c1-11(18)16-20-14-6-4-5-13(19)15(14)21(16)12-7-9-17(2,3)10-8-12/h4-6,11-12H,7-10H2,1-3H3. The zero-order chi connectivity index (χ0) is 15.2. The molecule has 1 aromatic carbocycles. The van der Waals surface area contributed by atoms with Gasteiger partial charge in [0.15, 0.2) is 0 Å². The van der Waals surface area contributed by atoms with Crippen molar-refractivity contribution < 1.29 is 0 Å². The molecule has 0 amide bonds. The summed E-state index contributed by atoms with van der Waals surface area (Å²) in [6, 6.07) is 6.37. The molecule has 2 aromatic rings. The SMILES string of the molecule is CC(Cl)c1nc2cccc(Cl)c2n1C1CCC(C)(C)CC1. The monoisotopic (exact) mass is 324 g/mol. The minimum Gasteiger partial charge on any atom is -0.322 e. The summed E-state index contributed by atoms with van der Waals surface area (Å²) in [4.78, 5) is 4.73. The van der Waals surface area contributed by atoms with Crippen LogP contribution in [0.5, 0.6) is 0 Å². The molecule has 1 saturated carbocycles. The lowest BCUT2D eigenvalue weighted by molar-refractivity contribution is 0.194. The summed E-state index contributed by atoms with van der Waals surface area (Å²) < 4.78 is 2.31. The molecule has 1 aliphatic rings. The minimum absolute atomic E-state index is 0.108. The van der Waals surface area contributed by atoms with Crippen LogP contribution in [0.15, 0.2) is 18.2 Å². The molecule has 1 fully saturated rings. The highest BCUT2D eigenvalue weighted by Crippen LogP contribution is 2.43. The molecule has 0 bridgehead atoms. The van der Waals surface area contributed by atoms with E-state index in [1.54, 1.807) is 0 Å². The quantitative estimate of drug-likeness (QED) is 0.607. The van der Waals surface area contributed by atoms with Crippen LogP contribution in [0.4, 0.5) is 0 Å². The summed E-state index contributed by atoms with van der Waals surface area (Å²) in [6.07, 6.45) is 4.80. The molecule has 0 saturated heterocycles. The van der Waals surface area contributed by atoms with Crippen molar-refractivity contribution in [2.45, 2.75) is 57.9 Å². The van der Waals surface area contributed by atoms with Gasteiger partial charge in [-0.15, -0.1) is 11.6 Å². The molecule has 1 unspecified atom stereocenters. The number of alkyl halides is 1. The van der Waals surface area contributed by atoms with Crippen molar-refractivity contribution in [1.82, 2.24) is 9.55 Å². The second-order valence-electron chi connectivity index (χ2n) is 6.96. The van der Waals surface area contributed by atoms with Gasteiger partial charge in [-0.3, -0.25) is 0 Å². The highest BCUT2D eigenvalue weighted by molar-refractivity contribution is 6.35. The van der Waals surface area contributed by atoms with Crippen molar-refractivity contribution in [3.05, 3.63) is 29.0 Å². The lowest BCUT2D eigenvalue weighted by Crippen LogP contribution is -2.24. The van der Waals surface area contributed by atoms with Crippen molar-refractivity contribution in [1.29, 1.82) is 0 Å². The third-order valence-corrected chi connectivity index (χ3v) is 5.22. The Bertz CT molecular complexity index is 648. The molecule has 0 spiro atoms. The van der Waals surface area contributed by atoms with Gasteiger partial charge >= 0.3 is 0 Å². The maximum absolute atomic E-state index is 6.45. The predicted octanol–water partition coefficient (Wildman–Crippen LogP) is 6.13. The van der Waals surface area contributed by atoms with Gasteiger partial charge < -0.3 is 4.57 Å². The molecule has 0 aliphatic heterocycles. The highest BCUT2D eigenvalue weighted by Gasteiger charge is 2.30. The van der Waals surface area contributed by atoms with E-state index in [4.69, 9.17) is 28.2 Å². The molecule has 1 aromatic heterocycles. The number of hydrogen-bond donors (Lipinski definition) is 0. The maximum Gasteiger partial charge on any atom is 0.128 e. The smallest absolute Gasteiger partial charge is 0.128 e. The number of rotatable bonds is 2. The largest absolute Gasteiger partial charge is 0.322 e. The third-order valence-electron chi connectivity index (χ3n) is 4.72. The van der Waals surface area contributed by atoms with E-state index < -0.39 is 0 Å². The lowest BCUT2D eigenvalue weighted by atomic mass is 9.75. The zero-order valence-corrected chi connectivity index (χ0v) is 14.4. The van der Waals surface area contributed by atoms with E-state index in [1.807, 2.05) is 25.1 Å². The van der Waals surface area contributed by atoms with Gasteiger partial charge in [0, 0.05) is 6.04 Å². The summed E-state index contributed by atoms with van der Waals surface area (Å²) in [5, 5.41) is 0.664. The first-order chi connectivity index (χ1) is 9.89. The first-order valence-electron chi connectivity index (χ1n) is 7.69. The van der Waals surface area contributed by atoms with Gasteiger partial charge in [0.2, 0.25) is 0 Å². The Morgan fingerprint density at radius 3 is 2.57 bits per heavy atom. The van der Waals surface area contributed by atoms with Crippen LogP contribution in [-0.2, 0) is 0 Å². The van der Waals surface area contributed by atoms with E-state index in [-0.39, 0.29) is 5.38 Å². The molecule has 114 valence electrons. The van der Waals surface area contributed by atoms with Crippen molar-refractivity contribution in [3.8, 4) is 0 Å². The molecule has 4 heteroatoms. The Morgan fingerprint density at radius 1 is 1.29 bits per heavy atom. The van der Waals surface area contributed by atoms with Crippen LogP contribution in [0.25, 0.3) is 11.0 Å². The van der Waals surface area contributed by atoms with Crippen molar-refractivity contribution >= 4 is 34.2 Å². The van der Waals surface area contributed by atoms with Crippen molar-refractivity contribution in [3.63, 3.8) is 0 Å².